The summed E-state index contributed by atoms with van der Waals surface area (Å²) in [5, 5.41) is 0. The molecule has 2 unspecified atom stereocenters. The van der Waals surface area contributed by atoms with Crippen molar-refractivity contribution >= 4 is 0 Å². The topological polar surface area (TPSA) is 26.0 Å². The van der Waals surface area contributed by atoms with Crippen molar-refractivity contribution in [2.75, 3.05) is 0 Å². The lowest BCUT2D eigenvalue weighted by molar-refractivity contribution is -0.137. The van der Waals surface area contributed by atoms with E-state index in [2.05, 4.69) is 0 Å². The number of rotatable bonds is 2. The standard InChI is InChI=1S/C15H20F3N/c16-15(17,18)13-7-5-11(6-8-13)9-12-3-1-2-4-14(19)10-12/h5-8,12,14H,1-4,9-10,19H2. The van der Waals surface area contributed by atoms with Crippen molar-refractivity contribution in [3.63, 3.8) is 0 Å². The molecule has 1 aliphatic rings. The molecule has 1 aromatic rings. The van der Waals surface area contributed by atoms with Crippen LogP contribution in [-0.4, -0.2) is 6.04 Å². The van der Waals surface area contributed by atoms with E-state index in [0.29, 0.717) is 5.92 Å². The molecule has 2 atom stereocenters. The number of hydrogen-bond donors (Lipinski definition) is 1. The van der Waals surface area contributed by atoms with E-state index >= 15 is 0 Å². The third kappa shape index (κ3) is 4.23. The van der Waals surface area contributed by atoms with Crippen molar-refractivity contribution in [3.05, 3.63) is 35.4 Å². The highest BCUT2D eigenvalue weighted by atomic mass is 19.4. The van der Waals surface area contributed by atoms with E-state index in [0.717, 1.165) is 31.2 Å². The maximum absolute atomic E-state index is 12.5. The second-order valence-electron chi connectivity index (χ2n) is 5.55. The summed E-state index contributed by atoms with van der Waals surface area (Å²) >= 11 is 0. The highest BCUT2D eigenvalue weighted by molar-refractivity contribution is 5.25. The van der Waals surface area contributed by atoms with Crippen LogP contribution in [0, 0.1) is 5.92 Å². The molecule has 1 fully saturated rings. The third-order valence-corrected chi connectivity index (χ3v) is 3.88. The lowest BCUT2D eigenvalue weighted by Crippen LogP contribution is -2.22. The van der Waals surface area contributed by atoms with Gasteiger partial charge in [0.2, 0.25) is 0 Å². The normalized spacial score (nSPS) is 25.1. The van der Waals surface area contributed by atoms with Gasteiger partial charge in [-0.05, 0) is 42.9 Å². The minimum absolute atomic E-state index is 0.252. The SMILES string of the molecule is NC1CCCCC(Cc2ccc(C(F)(F)F)cc2)C1. The molecule has 1 aliphatic carbocycles. The van der Waals surface area contributed by atoms with Crippen molar-refractivity contribution in [1.29, 1.82) is 0 Å². The monoisotopic (exact) mass is 271 g/mol. The minimum atomic E-state index is -4.25. The third-order valence-electron chi connectivity index (χ3n) is 3.88. The van der Waals surface area contributed by atoms with E-state index in [1.807, 2.05) is 0 Å². The Morgan fingerprint density at radius 2 is 1.68 bits per heavy atom. The van der Waals surface area contributed by atoms with Crippen LogP contribution in [0.5, 0.6) is 0 Å². The van der Waals surface area contributed by atoms with E-state index < -0.39 is 11.7 Å². The zero-order valence-electron chi connectivity index (χ0n) is 10.9. The maximum atomic E-state index is 12.5. The predicted octanol–water partition coefficient (Wildman–Crippen LogP) is 4.16. The van der Waals surface area contributed by atoms with Gasteiger partial charge in [0, 0.05) is 6.04 Å². The molecule has 1 aromatic carbocycles. The van der Waals surface area contributed by atoms with Crippen LogP contribution in [0.3, 0.4) is 0 Å². The van der Waals surface area contributed by atoms with Crippen molar-refractivity contribution in [3.8, 4) is 0 Å². The molecule has 4 heteroatoms. The molecule has 19 heavy (non-hydrogen) atoms. The largest absolute Gasteiger partial charge is 0.416 e. The number of alkyl halides is 3. The van der Waals surface area contributed by atoms with Crippen LogP contribution in [0.2, 0.25) is 0 Å². The summed E-state index contributed by atoms with van der Waals surface area (Å²) in [6.45, 7) is 0. The lowest BCUT2D eigenvalue weighted by Gasteiger charge is -2.17. The second kappa shape index (κ2) is 5.95. The number of benzene rings is 1. The molecule has 0 bridgehead atoms. The van der Waals surface area contributed by atoms with E-state index in [1.165, 1.54) is 25.0 Å². The molecule has 0 aromatic heterocycles. The first-order valence-corrected chi connectivity index (χ1v) is 6.87. The molecule has 2 rings (SSSR count). The first kappa shape index (κ1) is 14.4. The number of hydrogen-bond acceptors (Lipinski definition) is 1. The van der Waals surface area contributed by atoms with E-state index in [4.69, 9.17) is 5.73 Å². The fourth-order valence-electron chi connectivity index (χ4n) is 2.85. The highest BCUT2D eigenvalue weighted by Crippen LogP contribution is 2.30. The second-order valence-corrected chi connectivity index (χ2v) is 5.55. The summed E-state index contributed by atoms with van der Waals surface area (Å²) in [6, 6.07) is 5.79. The molecule has 0 aliphatic heterocycles. The Hall–Kier alpha value is -1.03. The lowest BCUT2D eigenvalue weighted by atomic mass is 9.91. The molecule has 0 amide bonds. The van der Waals surface area contributed by atoms with Gasteiger partial charge >= 0.3 is 6.18 Å². The molecule has 0 radical (unpaired) electrons. The fourth-order valence-corrected chi connectivity index (χ4v) is 2.85. The van der Waals surface area contributed by atoms with Gasteiger partial charge in [0.25, 0.3) is 0 Å². The fraction of sp³-hybridized carbons (Fsp3) is 0.600. The zero-order valence-corrected chi connectivity index (χ0v) is 10.9. The number of nitrogens with two attached hydrogens (primary N) is 1. The van der Waals surface area contributed by atoms with Gasteiger partial charge in [-0.3, -0.25) is 0 Å². The van der Waals surface area contributed by atoms with Crippen molar-refractivity contribution in [1.82, 2.24) is 0 Å². The summed E-state index contributed by atoms with van der Waals surface area (Å²) in [4.78, 5) is 0. The van der Waals surface area contributed by atoms with Gasteiger partial charge < -0.3 is 5.73 Å². The molecule has 0 spiro atoms. The van der Waals surface area contributed by atoms with E-state index in [1.54, 1.807) is 12.1 Å². The molecular formula is C15H20F3N. The summed E-state index contributed by atoms with van der Waals surface area (Å²) in [7, 11) is 0. The molecule has 0 heterocycles. The summed E-state index contributed by atoms with van der Waals surface area (Å²) in [5.41, 5.74) is 6.41. The van der Waals surface area contributed by atoms with Crippen LogP contribution >= 0.6 is 0 Å². The molecule has 106 valence electrons. The van der Waals surface area contributed by atoms with E-state index in [-0.39, 0.29) is 6.04 Å². The van der Waals surface area contributed by atoms with Crippen LogP contribution in [0.15, 0.2) is 24.3 Å². The van der Waals surface area contributed by atoms with Gasteiger partial charge in [0.05, 0.1) is 5.56 Å². The quantitative estimate of drug-likeness (QED) is 0.803. The molecule has 0 saturated heterocycles. The van der Waals surface area contributed by atoms with E-state index in [9.17, 15) is 13.2 Å². The van der Waals surface area contributed by atoms with Gasteiger partial charge in [0.15, 0.2) is 0 Å². The van der Waals surface area contributed by atoms with Crippen molar-refractivity contribution in [2.24, 2.45) is 11.7 Å². The average molecular weight is 271 g/mol. The van der Waals surface area contributed by atoms with Gasteiger partial charge in [-0.15, -0.1) is 0 Å². The Morgan fingerprint density at radius 3 is 2.32 bits per heavy atom. The maximum Gasteiger partial charge on any atom is 0.416 e. The predicted molar refractivity (Wildman–Crippen MR) is 69.7 cm³/mol. The van der Waals surface area contributed by atoms with Gasteiger partial charge in [0.1, 0.15) is 0 Å². The Bertz CT molecular complexity index is 397. The Kier molecular flexibility index (Phi) is 4.50. The first-order valence-electron chi connectivity index (χ1n) is 6.87. The van der Waals surface area contributed by atoms with Crippen LogP contribution in [0.1, 0.15) is 43.2 Å². The minimum Gasteiger partial charge on any atom is -0.328 e. The highest BCUT2D eigenvalue weighted by Gasteiger charge is 2.30. The Morgan fingerprint density at radius 1 is 1.05 bits per heavy atom. The summed E-state index contributed by atoms with van der Waals surface area (Å²) in [6.07, 6.45) is 2.14. The molecule has 1 saturated carbocycles. The molecule has 1 nitrogen and oxygen atoms in total. The van der Waals surface area contributed by atoms with Crippen molar-refractivity contribution in [2.45, 2.75) is 50.7 Å². The first-order chi connectivity index (χ1) is 8.95. The Balaban J connectivity index is 1.99. The Labute approximate surface area is 112 Å². The van der Waals surface area contributed by atoms with Crippen LogP contribution in [-0.2, 0) is 12.6 Å². The summed E-state index contributed by atoms with van der Waals surface area (Å²) in [5.74, 6) is 0.509. The van der Waals surface area contributed by atoms with Gasteiger partial charge in [-0.2, -0.15) is 13.2 Å². The van der Waals surface area contributed by atoms with Crippen molar-refractivity contribution < 1.29 is 13.2 Å². The van der Waals surface area contributed by atoms with Crippen LogP contribution < -0.4 is 5.73 Å². The smallest absolute Gasteiger partial charge is 0.328 e. The zero-order chi connectivity index (χ0) is 13.9. The van der Waals surface area contributed by atoms with Gasteiger partial charge in [-0.25, -0.2) is 0 Å². The molecular weight excluding hydrogens is 251 g/mol. The van der Waals surface area contributed by atoms with Crippen LogP contribution in [0.4, 0.5) is 13.2 Å². The van der Waals surface area contributed by atoms with Gasteiger partial charge in [-0.1, -0.05) is 31.4 Å². The van der Waals surface area contributed by atoms with Crippen LogP contribution in [0.25, 0.3) is 0 Å². The summed E-state index contributed by atoms with van der Waals surface area (Å²) < 4.78 is 37.4. The average Bonchev–Trinajstić information content (AvgIpc) is 2.53. The molecule has 2 N–H and O–H groups in total. The number of halogens is 3.